The van der Waals surface area contributed by atoms with Crippen LogP contribution in [0.2, 0.25) is 0 Å². The predicted molar refractivity (Wildman–Crippen MR) is 50.4 cm³/mol. The van der Waals surface area contributed by atoms with E-state index in [1.165, 1.54) is 23.4 Å². The second-order valence-corrected chi connectivity index (χ2v) is 4.56. The van der Waals surface area contributed by atoms with Crippen LogP contribution in [0.5, 0.6) is 0 Å². The summed E-state index contributed by atoms with van der Waals surface area (Å²) >= 11 is 4.03. The summed E-state index contributed by atoms with van der Waals surface area (Å²) in [5.41, 5.74) is 0. The van der Waals surface area contributed by atoms with E-state index >= 15 is 0 Å². The standard InChI is InChI=1S/C6H14N2S2/c1-7-2-3-8-4-9-6-10-5-8/h7H,2-6H2,1H3. The Labute approximate surface area is 71.1 Å². The second kappa shape index (κ2) is 5.29. The Hall–Kier alpha value is 0.620. The van der Waals surface area contributed by atoms with Crippen LogP contribution in [0.15, 0.2) is 0 Å². The van der Waals surface area contributed by atoms with Gasteiger partial charge in [-0.3, -0.25) is 4.90 Å². The highest BCUT2D eigenvalue weighted by Crippen LogP contribution is 2.20. The fraction of sp³-hybridized carbons (Fsp3) is 1.00. The summed E-state index contributed by atoms with van der Waals surface area (Å²) in [7, 11) is 2.00. The molecule has 2 nitrogen and oxygen atoms in total. The topological polar surface area (TPSA) is 15.3 Å². The van der Waals surface area contributed by atoms with Crippen molar-refractivity contribution in [3.8, 4) is 0 Å². The Bertz CT molecular complexity index is 83.8. The molecule has 1 N–H and O–H groups in total. The number of nitrogens with zero attached hydrogens (tertiary/aromatic N) is 1. The highest BCUT2D eigenvalue weighted by molar-refractivity contribution is 8.16. The van der Waals surface area contributed by atoms with Gasteiger partial charge in [-0.2, -0.15) is 0 Å². The Morgan fingerprint density at radius 3 is 2.70 bits per heavy atom. The lowest BCUT2D eigenvalue weighted by Crippen LogP contribution is -2.32. The van der Waals surface area contributed by atoms with E-state index in [-0.39, 0.29) is 0 Å². The first-order chi connectivity index (χ1) is 4.93. The highest BCUT2D eigenvalue weighted by atomic mass is 32.2. The molecule has 0 aromatic heterocycles. The quantitative estimate of drug-likeness (QED) is 0.689. The van der Waals surface area contributed by atoms with Crippen LogP contribution in [0.25, 0.3) is 0 Å². The monoisotopic (exact) mass is 178 g/mol. The normalized spacial score (nSPS) is 21.3. The van der Waals surface area contributed by atoms with Crippen molar-refractivity contribution in [2.75, 3.05) is 37.0 Å². The van der Waals surface area contributed by atoms with Gasteiger partial charge in [0.15, 0.2) is 0 Å². The zero-order chi connectivity index (χ0) is 7.23. The molecule has 60 valence electrons. The van der Waals surface area contributed by atoms with E-state index < -0.39 is 0 Å². The van der Waals surface area contributed by atoms with E-state index in [0.717, 1.165) is 6.54 Å². The third-order valence-corrected chi connectivity index (χ3v) is 3.82. The number of nitrogens with one attached hydrogen (secondary N) is 1. The molecule has 1 aliphatic rings. The first-order valence-electron chi connectivity index (χ1n) is 3.46. The van der Waals surface area contributed by atoms with Crippen molar-refractivity contribution in [2.24, 2.45) is 0 Å². The van der Waals surface area contributed by atoms with Crippen LogP contribution < -0.4 is 5.32 Å². The predicted octanol–water partition coefficient (Wildman–Crippen LogP) is 0.860. The van der Waals surface area contributed by atoms with Gasteiger partial charge in [-0.1, -0.05) is 0 Å². The minimum absolute atomic E-state index is 1.11. The van der Waals surface area contributed by atoms with Crippen LogP contribution in [-0.4, -0.2) is 41.9 Å². The van der Waals surface area contributed by atoms with E-state index in [1.807, 2.05) is 30.6 Å². The zero-order valence-corrected chi connectivity index (χ0v) is 7.93. The van der Waals surface area contributed by atoms with Crippen LogP contribution >= 0.6 is 23.5 Å². The number of likely N-dealkylation sites (N-methyl/N-ethyl adjacent to an activating group) is 1. The van der Waals surface area contributed by atoms with Gasteiger partial charge in [0.05, 0.1) is 0 Å². The van der Waals surface area contributed by atoms with Gasteiger partial charge in [0.25, 0.3) is 0 Å². The lowest BCUT2D eigenvalue weighted by molar-refractivity contribution is 0.376. The van der Waals surface area contributed by atoms with E-state index in [1.54, 1.807) is 0 Å². The van der Waals surface area contributed by atoms with Gasteiger partial charge in [-0.15, -0.1) is 23.5 Å². The van der Waals surface area contributed by atoms with E-state index in [9.17, 15) is 0 Å². The van der Waals surface area contributed by atoms with Gasteiger partial charge in [-0.05, 0) is 7.05 Å². The van der Waals surface area contributed by atoms with Crippen molar-refractivity contribution >= 4 is 23.5 Å². The molecule has 1 saturated heterocycles. The van der Waals surface area contributed by atoms with E-state index in [4.69, 9.17) is 0 Å². The maximum atomic E-state index is 3.15. The van der Waals surface area contributed by atoms with Crippen molar-refractivity contribution < 1.29 is 0 Å². The molecule has 0 amide bonds. The highest BCUT2D eigenvalue weighted by Gasteiger charge is 2.08. The summed E-state index contributed by atoms with van der Waals surface area (Å²) in [5.74, 6) is 2.43. The molecule has 0 aliphatic carbocycles. The summed E-state index contributed by atoms with van der Waals surface area (Å²) in [6.45, 7) is 2.30. The first kappa shape index (κ1) is 8.71. The van der Waals surface area contributed by atoms with Gasteiger partial charge >= 0.3 is 0 Å². The van der Waals surface area contributed by atoms with Gasteiger partial charge in [0, 0.05) is 29.9 Å². The van der Waals surface area contributed by atoms with Gasteiger partial charge in [0.2, 0.25) is 0 Å². The lowest BCUT2D eigenvalue weighted by Gasteiger charge is -2.25. The molecular formula is C6H14N2S2. The number of hydrogen-bond acceptors (Lipinski definition) is 4. The Morgan fingerprint density at radius 2 is 2.10 bits per heavy atom. The molecule has 0 atom stereocenters. The van der Waals surface area contributed by atoms with Gasteiger partial charge < -0.3 is 5.32 Å². The van der Waals surface area contributed by atoms with Crippen LogP contribution in [0, 0.1) is 0 Å². The average molecular weight is 178 g/mol. The molecule has 1 rings (SSSR count). The second-order valence-electron chi connectivity index (χ2n) is 2.28. The number of rotatable bonds is 3. The Morgan fingerprint density at radius 1 is 1.40 bits per heavy atom. The van der Waals surface area contributed by atoms with Crippen LogP contribution in [0.4, 0.5) is 0 Å². The Kier molecular flexibility index (Phi) is 4.61. The molecule has 1 fully saturated rings. The minimum atomic E-state index is 1.11. The maximum Gasteiger partial charge on any atom is 0.0461 e. The fourth-order valence-electron chi connectivity index (χ4n) is 0.828. The molecule has 0 aromatic rings. The molecule has 1 aliphatic heterocycles. The molecule has 0 saturated carbocycles. The summed E-state index contributed by atoms with van der Waals surface area (Å²) in [5, 5.41) is 4.43. The van der Waals surface area contributed by atoms with Crippen molar-refractivity contribution in [3.05, 3.63) is 0 Å². The Balaban J connectivity index is 2.02. The zero-order valence-electron chi connectivity index (χ0n) is 6.30. The average Bonchev–Trinajstić information content (AvgIpc) is 2.03. The molecular weight excluding hydrogens is 164 g/mol. The number of hydrogen-bond donors (Lipinski definition) is 1. The first-order valence-corrected chi connectivity index (χ1v) is 5.77. The summed E-state index contributed by atoms with van der Waals surface area (Å²) in [6.07, 6.45) is 0. The molecule has 0 radical (unpaired) electrons. The van der Waals surface area contributed by atoms with Crippen molar-refractivity contribution in [1.82, 2.24) is 10.2 Å². The maximum absolute atomic E-state index is 3.15. The minimum Gasteiger partial charge on any atom is -0.318 e. The molecule has 10 heavy (non-hydrogen) atoms. The molecule has 0 unspecified atom stereocenters. The third kappa shape index (κ3) is 3.14. The summed E-state index contributed by atoms with van der Waals surface area (Å²) in [6, 6.07) is 0. The SMILES string of the molecule is CNCCN1CSCSC1. The molecule has 0 bridgehead atoms. The number of thioether (sulfide) groups is 2. The molecule has 0 aromatic carbocycles. The molecule has 4 heteroatoms. The lowest BCUT2D eigenvalue weighted by atomic mass is 10.6. The smallest absolute Gasteiger partial charge is 0.0461 e. The molecule has 0 spiro atoms. The third-order valence-electron chi connectivity index (χ3n) is 1.39. The van der Waals surface area contributed by atoms with Crippen LogP contribution in [0.1, 0.15) is 0 Å². The van der Waals surface area contributed by atoms with Crippen molar-refractivity contribution in [1.29, 1.82) is 0 Å². The van der Waals surface area contributed by atoms with Gasteiger partial charge in [-0.25, -0.2) is 0 Å². The summed E-state index contributed by atoms with van der Waals surface area (Å²) < 4.78 is 0. The fourth-order valence-corrected chi connectivity index (χ4v) is 2.97. The van der Waals surface area contributed by atoms with Crippen LogP contribution in [0.3, 0.4) is 0 Å². The summed E-state index contributed by atoms with van der Waals surface area (Å²) in [4.78, 5) is 2.47. The molecule has 1 heterocycles. The van der Waals surface area contributed by atoms with E-state index in [0.29, 0.717) is 0 Å². The largest absolute Gasteiger partial charge is 0.318 e. The van der Waals surface area contributed by atoms with Crippen molar-refractivity contribution in [2.45, 2.75) is 0 Å². The van der Waals surface area contributed by atoms with Gasteiger partial charge in [0.1, 0.15) is 0 Å². The van der Waals surface area contributed by atoms with E-state index in [2.05, 4.69) is 10.2 Å². The van der Waals surface area contributed by atoms with Crippen LogP contribution in [-0.2, 0) is 0 Å². The van der Waals surface area contributed by atoms with Crippen molar-refractivity contribution in [3.63, 3.8) is 0 Å².